The zero-order valence-electron chi connectivity index (χ0n) is 31.0. The molecule has 0 aromatic carbocycles. The highest BCUT2D eigenvalue weighted by molar-refractivity contribution is 7.89. The lowest BCUT2D eigenvalue weighted by molar-refractivity contribution is -0.146. The van der Waals surface area contributed by atoms with Crippen LogP contribution in [0.25, 0.3) is 0 Å². The molecule has 5 amide bonds. The topological polar surface area (TPSA) is 174 Å². The van der Waals surface area contributed by atoms with Crippen molar-refractivity contribution in [1.29, 1.82) is 0 Å². The minimum atomic E-state index is -3.64. The fourth-order valence-corrected chi connectivity index (χ4v) is 10.3. The second kappa shape index (κ2) is 15.0. The molecule has 14 heteroatoms. The molecule has 5 unspecified atom stereocenters. The number of amides is 5. The maximum Gasteiger partial charge on any atom is 0.315 e. The van der Waals surface area contributed by atoms with Crippen molar-refractivity contribution in [1.82, 2.24) is 30.5 Å². The largest absolute Gasteiger partial charge is 0.347 e. The van der Waals surface area contributed by atoms with E-state index in [1.165, 1.54) is 18.4 Å². The number of hydrogen-bond acceptors (Lipinski definition) is 7. The summed E-state index contributed by atoms with van der Waals surface area (Å²) in [5, 5.41) is 11.5. The van der Waals surface area contributed by atoms with Gasteiger partial charge in [0.15, 0.2) is 0 Å². The van der Waals surface area contributed by atoms with Crippen LogP contribution in [-0.4, -0.2) is 103 Å². The average molecular weight is 731 g/mol. The van der Waals surface area contributed by atoms with Gasteiger partial charge in [0.05, 0.1) is 17.3 Å². The first-order valence-corrected chi connectivity index (χ1v) is 20.4. The molecular weight excluding hydrogens is 673 g/mol. The van der Waals surface area contributed by atoms with Gasteiger partial charge >= 0.3 is 6.03 Å². The molecular formula is C37H58N6O7S. The first kappa shape index (κ1) is 39.0. The van der Waals surface area contributed by atoms with E-state index in [4.69, 9.17) is 6.42 Å². The molecule has 5 aliphatic rings. The molecule has 5 fully saturated rings. The van der Waals surface area contributed by atoms with Crippen molar-refractivity contribution in [2.24, 2.45) is 22.7 Å². The Kier molecular flexibility index (Phi) is 11.5. The Morgan fingerprint density at radius 3 is 2.10 bits per heavy atom. The molecule has 0 aromatic heterocycles. The number of hydrogen-bond donors (Lipinski definition) is 4. The van der Waals surface area contributed by atoms with Gasteiger partial charge in [-0.25, -0.2) is 17.5 Å². The highest BCUT2D eigenvalue weighted by atomic mass is 32.2. The lowest BCUT2D eigenvalue weighted by atomic mass is 9.70. The minimum absolute atomic E-state index is 0.0328. The van der Waals surface area contributed by atoms with Crippen LogP contribution in [-0.2, 0) is 29.2 Å². The van der Waals surface area contributed by atoms with Gasteiger partial charge in [0, 0.05) is 33.1 Å². The Balaban J connectivity index is 1.39. The monoisotopic (exact) mass is 730 g/mol. The number of rotatable bonds is 14. The summed E-state index contributed by atoms with van der Waals surface area (Å²) in [6.45, 7) is 6.45. The third kappa shape index (κ3) is 8.56. The lowest BCUT2D eigenvalue weighted by Gasteiger charge is -2.44. The minimum Gasteiger partial charge on any atom is -0.347 e. The molecule has 4 N–H and O–H groups in total. The zero-order valence-corrected chi connectivity index (χ0v) is 31.8. The molecule has 5 atom stereocenters. The lowest BCUT2D eigenvalue weighted by Crippen LogP contribution is -2.65. The van der Waals surface area contributed by atoms with E-state index >= 15 is 0 Å². The summed E-state index contributed by atoms with van der Waals surface area (Å²) in [7, 11) is -0.678. The van der Waals surface area contributed by atoms with Crippen LogP contribution >= 0.6 is 0 Å². The highest BCUT2D eigenvalue weighted by Crippen LogP contribution is 2.65. The van der Waals surface area contributed by atoms with E-state index in [1.807, 2.05) is 6.92 Å². The van der Waals surface area contributed by atoms with Gasteiger partial charge in [-0.1, -0.05) is 59.3 Å². The number of urea groups is 1. The van der Waals surface area contributed by atoms with Crippen LogP contribution in [0.2, 0.25) is 0 Å². The van der Waals surface area contributed by atoms with E-state index < -0.39 is 62.7 Å². The molecule has 4 aliphatic carbocycles. The summed E-state index contributed by atoms with van der Waals surface area (Å²) in [5.74, 6) is -0.254. The summed E-state index contributed by atoms with van der Waals surface area (Å²) in [6, 6.07) is -3.63. The van der Waals surface area contributed by atoms with E-state index in [0.717, 1.165) is 51.4 Å². The number of Topliss-reactive ketones (excluding diaryl/α,β-unsaturated/α-hetero) is 1. The average Bonchev–Trinajstić information content (AvgIpc) is 3.92. The molecule has 13 nitrogen and oxygen atoms in total. The van der Waals surface area contributed by atoms with Crippen LogP contribution in [0.4, 0.5) is 4.79 Å². The van der Waals surface area contributed by atoms with Crippen molar-refractivity contribution >= 4 is 39.6 Å². The van der Waals surface area contributed by atoms with E-state index in [0.29, 0.717) is 32.2 Å². The number of nitrogens with one attached hydrogen (secondary N) is 4. The number of sulfonamides is 1. The zero-order chi connectivity index (χ0) is 37.4. The van der Waals surface area contributed by atoms with Gasteiger partial charge in [-0.3, -0.25) is 19.2 Å². The smallest absolute Gasteiger partial charge is 0.315 e. The number of nitrogens with zero attached hydrogens (tertiary/aromatic N) is 2. The molecule has 1 saturated heterocycles. The van der Waals surface area contributed by atoms with Crippen LogP contribution in [0, 0.1) is 35.0 Å². The van der Waals surface area contributed by atoms with Crippen molar-refractivity contribution in [3.05, 3.63) is 0 Å². The molecule has 4 saturated carbocycles. The van der Waals surface area contributed by atoms with Crippen LogP contribution in [0.1, 0.15) is 111 Å². The van der Waals surface area contributed by atoms with Crippen molar-refractivity contribution in [2.45, 2.75) is 140 Å². The molecule has 0 radical (unpaired) electrons. The summed E-state index contributed by atoms with van der Waals surface area (Å²) in [4.78, 5) is 70.5. The van der Waals surface area contributed by atoms with Gasteiger partial charge in [0.2, 0.25) is 27.6 Å². The number of terminal acetylenes is 1. The summed E-state index contributed by atoms with van der Waals surface area (Å²) < 4.78 is 27.3. The first-order valence-electron chi connectivity index (χ1n) is 18.8. The van der Waals surface area contributed by atoms with Crippen molar-refractivity contribution < 1.29 is 32.4 Å². The number of fused-ring (bicyclic) bond motifs is 1. The first-order chi connectivity index (χ1) is 23.9. The van der Waals surface area contributed by atoms with Gasteiger partial charge in [-0.2, -0.15) is 0 Å². The van der Waals surface area contributed by atoms with Crippen molar-refractivity contribution in [3.8, 4) is 12.3 Å². The van der Waals surface area contributed by atoms with Crippen molar-refractivity contribution in [2.75, 3.05) is 26.4 Å². The SMILES string of the molecule is C#CCCC(NC(=O)C1C2C(CN1C(=O)C(NC(=O)NC1(CS(=O)(=O)N(C)C)CCCCC1)C1(C)CCCCC1)C2(C)C)C(=O)C(=O)NC1CC1. The van der Waals surface area contributed by atoms with E-state index in [1.54, 1.807) is 4.90 Å². The summed E-state index contributed by atoms with van der Waals surface area (Å²) >= 11 is 0. The Morgan fingerprint density at radius 1 is 0.922 bits per heavy atom. The number of ketones is 1. The van der Waals surface area contributed by atoms with E-state index in [2.05, 4.69) is 41.0 Å². The second-order valence-electron chi connectivity index (χ2n) is 16.9. The highest BCUT2D eigenvalue weighted by Gasteiger charge is 2.70. The van der Waals surface area contributed by atoms with E-state index in [-0.39, 0.29) is 47.8 Å². The van der Waals surface area contributed by atoms with Gasteiger partial charge in [0.1, 0.15) is 12.1 Å². The number of carbonyl (C=O) groups is 5. The third-order valence-corrected chi connectivity index (χ3v) is 14.6. The maximum absolute atomic E-state index is 14.8. The fourth-order valence-electron chi connectivity index (χ4n) is 8.98. The Hall–Kier alpha value is -3.18. The molecule has 0 bridgehead atoms. The van der Waals surface area contributed by atoms with Crippen molar-refractivity contribution in [3.63, 3.8) is 0 Å². The van der Waals surface area contributed by atoms with Gasteiger partial charge in [-0.15, -0.1) is 12.3 Å². The maximum atomic E-state index is 14.8. The second-order valence-corrected chi connectivity index (χ2v) is 19.1. The number of carbonyl (C=O) groups excluding carboxylic acids is 5. The van der Waals surface area contributed by atoms with Crippen LogP contribution in [0.5, 0.6) is 0 Å². The molecule has 284 valence electrons. The van der Waals surface area contributed by atoms with E-state index in [9.17, 15) is 32.4 Å². The van der Waals surface area contributed by atoms with Crippen LogP contribution in [0.3, 0.4) is 0 Å². The van der Waals surface area contributed by atoms with Crippen LogP contribution in [0.15, 0.2) is 0 Å². The quantitative estimate of drug-likeness (QED) is 0.157. The molecule has 1 heterocycles. The third-order valence-electron chi connectivity index (χ3n) is 12.5. The predicted molar refractivity (Wildman–Crippen MR) is 192 cm³/mol. The van der Waals surface area contributed by atoms with Gasteiger partial charge < -0.3 is 26.2 Å². The Bertz CT molecular complexity index is 1520. The molecule has 51 heavy (non-hydrogen) atoms. The Labute approximate surface area is 303 Å². The fraction of sp³-hybridized carbons (Fsp3) is 0.811. The molecule has 5 rings (SSSR count). The van der Waals surface area contributed by atoms with Gasteiger partial charge in [-0.05, 0) is 67.6 Å². The summed E-state index contributed by atoms with van der Waals surface area (Å²) in [6.07, 6.45) is 15.1. The molecule has 0 spiro atoms. The Morgan fingerprint density at radius 2 is 1.53 bits per heavy atom. The molecule has 1 aliphatic heterocycles. The molecule has 0 aromatic rings. The van der Waals surface area contributed by atoms with Crippen LogP contribution < -0.4 is 21.3 Å². The predicted octanol–water partition coefficient (Wildman–Crippen LogP) is 2.45. The normalized spacial score (nSPS) is 27.2. The number of piperidine rings is 1. The summed E-state index contributed by atoms with van der Waals surface area (Å²) in [5.41, 5.74) is -1.79. The standard InChI is InChI=1S/C37H58N6O7S/c1-7-8-15-26(29(44)32(46)38-24-16-17-24)39-31(45)28-27-25(35(27,2)3)22-43(28)33(47)30(36(4)18-11-9-12-19-36)40-34(48)41-37(20-13-10-14-21-37)23-51(49,50)42(5)6/h1,24-28,30H,8-23H2,2-6H3,(H,38,46)(H,39,45)(H2,40,41,48). The van der Waals surface area contributed by atoms with Gasteiger partial charge in [0.25, 0.3) is 5.91 Å². The number of likely N-dealkylation sites (tertiary alicyclic amines) is 1.